The first-order valence-corrected chi connectivity index (χ1v) is 7.26. The number of thioether (sulfide) groups is 1. The van der Waals surface area contributed by atoms with E-state index in [9.17, 15) is 0 Å². The third-order valence-corrected chi connectivity index (χ3v) is 3.34. The number of ether oxygens (including phenoxy) is 1. The van der Waals surface area contributed by atoms with E-state index in [1.807, 2.05) is 37.4 Å². The van der Waals surface area contributed by atoms with Gasteiger partial charge in [0.15, 0.2) is 0 Å². The normalized spacial score (nSPS) is 10.2. The maximum absolute atomic E-state index is 5.81. The summed E-state index contributed by atoms with van der Waals surface area (Å²) in [5.41, 5.74) is 7.38. The van der Waals surface area contributed by atoms with E-state index in [1.165, 1.54) is 4.90 Å². The van der Waals surface area contributed by atoms with Crippen LogP contribution in [0, 0.1) is 0 Å². The molecule has 19 heavy (non-hydrogen) atoms. The van der Waals surface area contributed by atoms with Crippen LogP contribution in [0.25, 0.3) is 0 Å². The molecule has 0 radical (unpaired) electrons. The van der Waals surface area contributed by atoms with Gasteiger partial charge in [-0.15, -0.1) is 11.8 Å². The molecule has 2 aromatic rings. The van der Waals surface area contributed by atoms with Crippen molar-refractivity contribution < 1.29 is 4.74 Å². The van der Waals surface area contributed by atoms with Gasteiger partial charge in [0.25, 0.3) is 0 Å². The predicted octanol–water partition coefficient (Wildman–Crippen LogP) is 3.53. The maximum Gasteiger partial charge on any atom is 0.239 e. The van der Waals surface area contributed by atoms with E-state index in [-0.39, 0.29) is 0 Å². The van der Waals surface area contributed by atoms with Gasteiger partial charge in [-0.2, -0.15) is 4.98 Å². The van der Waals surface area contributed by atoms with Gasteiger partial charge in [0.1, 0.15) is 5.82 Å². The van der Waals surface area contributed by atoms with E-state index in [0.717, 1.165) is 11.5 Å². The Hall–Kier alpha value is -1.88. The van der Waals surface area contributed by atoms with Crippen molar-refractivity contribution in [2.24, 2.45) is 0 Å². The lowest BCUT2D eigenvalue weighted by molar-refractivity contribution is 0.329. The third kappa shape index (κ3) is 3.32. The van der Waals surface area contributed by atoms with Gasteiger partial charge in [-0.3, -0.25) is 0 Å². The summed E-state index contributed by atoms with van der Waals surface area (Å²) in [6, 6.07) is 11.7. The highest BCUT2D eigenvalue weighted by atomic mass is 32.2. The second kappa shape index (κ2) is 6.33. The number of nitrogen functional groups attached to an aromatic ring is 1. The number of benzene rings is 1. The van der Waals surface area contributed by atoms with Crippen LogP contribution in [0.3, 0.4) is 0 Å². The fourth-order valence-electron chi connectivity index (χ4n) is 1.66. The molecule has 0 atom stereocenters. The van der Waals surface area contributed by atoms with E-state index in [1.54, 1.807) is 17.8 Å². The highest BCUT2D eigenvalue weighted by Crippen LogP contribution is 2.28. The number of pyridine rings is 1. The number of nitrogens with two attached hydrogens (primary N) is 1. The SMILES string of the molecule is CCOc1nc(Nc2ccccc2SC)ccc1N. The molecule has 0 unspecified atom stereocenters. The zero-order valence-electron chi connectivity index (χ0n) is 11.0. The second-order valence-corrected chi connectivity index (χ2v) is 4.70. The Bertz CT molecular complexity index is 560. The van der Waals surface area contributed by atoms with E-state index < -0.39 is 0 Å². The molecule has 4 nitrogen and oxygen atoms in total. The zero-order valence-corrected chi connectivity index (χ0v) is 11.8. The van der Waals surface area contributed by atoms with Gasteiger partial charge in [-0.1, -0.05) is 12.1 Å². The largest absolute Gasteiger partial charge is 0.476 e. The summed E-state index contributed by atoms with van der Waals surface area (Å²) in [6.45, 7) is 2.45. The lowest BCUT2D eigenvalue weighted by atomic mass is 10.3. The number of para-hydroxylation sites is 1. The summed E-state index contributed by atoms with van der Waals surface area (Å²) in [7, 11) is 0. The average Bonchev–Trinajstić information content (AvgIpc) is 2.43. The van der Waals surface area contributed by atoms with Crippen LogP contribution >= 0.6 is 11.8 Å². The highest BCUT2D eigenvalue weighted by Gasteiger charge is 2.06. The van der Waals surface area contributed by atoms with E-state index >= 15 is 0 Å². The van der Waals surface area contributed by atoms with Crippen LogP contribution < -0.4 is 15.8 Å². The average molecular weight is 275 g/mol. The van der Waals surface area contributed by atoms with Crippen molar-refractivity contribution in [3.05, 3.63) is 36.4 Å². The van der Waals surface area contributed by atoms with Gasteiger partial charge < -0.3 is 15.8 Å². The minimum Gasteiger partial charge on any atom is -0.476 e. The summed E-state index contributed by atoms with van der Waals surface area (Å²) in [5, 5.41) is 3.28. The molecule has 5 heteroatoms. The van der Waals surface area contributed by atoms with Crippen molar-refractivity contribution in [2.45, 2.75) is 11.8 Å². The number of hydrogen-bond acceptors (Lipinski definition) is 5. The third-order valence-electron chi connectivity index (χ3n) is 2.54. The number of hydrogen-bond donors (Lipinski definition) is 2. The van der Waals surface area contributed by atoms with Crippen LogP contribution in [-0.2, 0) is 0 Å². The number of nitrogens with zero attached hydrogens (tertiary/aromatic N) is 1. The fraction of sp³-hybridized carbons (Fsp3) is 0.214. The molecule has 100 valence electrons. The summed E-state index contributed by atoms with van der Waals surface area (Å²) < 4.78 is 5.39. The smallest absolute Gasteiger partial charge is 0.239 e. The summed E-state index contributed by atoms with van der Waals surface area (Å²) in [6.07, 6.45) is 2.04. The molecule has 1 aromatic carbocycles. The molecule has 0 aliphatic rings. The fourth-order valence-corrected chi connectivity index (χ4v) is 2.21. The summed E-state index contributed by atoms with van der Waals surface area (Å²) >= 11 is 1.69. The number of aromatic nitrogens is 1. The lowest BCUT2D eigenvalue weighted by Crippen LogP contribution is -2.02. The first-order chi connectivity index (χ1) is 9.24. The van der Waals surface area contributed by atoms with Gasteiger partial charge in [0.2, 0.25) is 5.88 Å². The molecular weight excluding hydrogens is 258 g/mol. The van der Waals surface area contributed by atoms with Crippen LogP contribution in [0.5, 0.6) is 5.88 Å². The van der Waals surface area contributed by atoms with Gasteiger partial charge in [-0.05, 0) is 37.4 Å². The van der Waals surface area contributed by atoms with Crippen molar-refractivity contribution in [3.63, 3.8) is 0 Å². The number of nitrogens with one attached hydrogen (secondary N) is 1. The Labute approximate surface area is 117 Å². The number of rotatable bonds is 5. The quantitative estimate of drug-likeness (QED) is 0.817. The molecule has 0 saturated heterocycles. The van der Waals surface area contributed by atoms with Crippen LogP contribution in [0.15, 0.2) is 41.3 Å². The molecule has 1 heterocycles. The Morgan fingerprint density at radius 1 is 1.26 bits per heavy atom. The molecule has 0 spiro atoms. The molecular formula is C14H17N3OS. The molecule has 1 aromatic heterocycles. The predicted molar refractivity (Wildman–Crippen MR) is 81.3 cm³/mol. The lowest BCUT2D eigenvalue weighted by Gasteiger charge is -2.12. The maximum atomic E-state index is 5.81. The minimum atomic E-state index is 0.467. The monoisotopic (exact) mass is 275 g/mol. The van der Waals surface area contributed by atoms with Crippen LogP contribution in [0.2, 0.25) is 0 Å². The van der Waals surface area contributed by atoms with Gasteiger partial charge >= 0.3 is 0 Å². The molecule has 0 saturated carbocycles. The van der Waals surface area contributed by atoms with Crippen LogP contribution in [-0.4, -0.2) is 17.8 Å². The Balaban J connectivity index is 2.25. The summed E-state index contributed by atoms with van der Waals surface area (Å²) in [5.74, 6) is 1.19. The Morgan fingerprint density at radius 2 is 2.05 bits per heavy atom. The first-order valence-electron chi connectivity index (χ1n) is 6.04. The van der Waals surface area contributed by atoms with Crippen LogP contribution in [0.4, 0.5) is 17.2 Å². The zero-order chi connectivity index (χ0) is 13.7. The molecule has 3 N–H and O–H groups in total. The van der Waals surface area contributed by atoms with Crippen molar-refractivity contribution in [1.29, 1.82) is 0 Å². The van der Waals surface area contributed by atoms with Crippen molar-refractivity contribution in [2.75, 3.05) is 23.9 Å². The molecule has 0 bridgehead atoms. The minimum absolute atomic E-state index is 0.467. The number of anilines is 3. The van der Waals surface area contributed by atoms with Crippen molar-refractivity contribution in [3.8, 4) is 5.88 Å². The second-order valence-electron chi connectivity index (χ2n) is 3.85. The molecule has 0 amide bonds. The van der Waals surface area contributed by atoms with Crippen molar-refractivity contribution in [1.82, 2.24) is 4.98 Å². The topological polar surface area (TPSA) is 60.2 Å². The molecule has 2 rings (SSSR count). The molecule has 0 aliphatic heterocycles. The molecule has 0 aliphatic carbocycles. The summed E-state index contributed by atoms with van der Waals surface area (Å²) in [4.78, 5) is 5.53. The van der Waals surface area contributed by atoms with Gasteiger partial charge in [0.05, 0.1) is 18.0 Å². The van der Waals surface area contributed by atoms with Gasteiger partial charge in [0, 0.05) is 4.90 Å². The standard InChI is InChI=1S/C14H17N3OS/c1-3-18-14-10(15)8-9-13(17-14)16-11-6-4-5-7-12(11)19-2/h4-9H,3,15H2,1-2H3,(H,16,17). The van der Waals surface area contributed by atoms with E-state index in [4.69, 9.17) is 10.5 Å². The highest BCUT2D eigenvalue weighted by molar-refractivity contribution is 7.98. The van der Waals surface area contributed by atoms with Crippen molar-refractivity contribution >= 4 is 29.0 Å². The van der Waals surface area contributed by atoms with E-state index in [2.05, 4.69) is 16.4 Å². The first kappa shape index (κ1) is 13.5. The molecule has 0 fully saturated rings. The van der Waals surface area contributed by atoms with E-state index in [0.29, 0.717) is 18.2 Å². The Morgan fingerprint density at radius 3 is 2.79 bits per heavy atom. The van der Waals surface area contributed by atoms with Crippen LogP contribution in [0.1, 0.15) is 6.92 Å². The Kier molecular flexibility index (Phi) is 4.52. The van der Waals surface area contributed by atoms with Gasteiger partial charge in [-0.25, -0.2) is 0 Å².